The number of rotatable bonds is 5. The van der Waals surface area contributed by atoms with Gasteiger partial charge < -0.3 is 5.32 Å². The van der Waals surface area contributed by atoms with Gasteiger partial charge in [0.15, 0.2) is 0 Å². The Kier molecular flexibility index (Phi) is 5.56. The number of benzene rings is 1. The standard InChI is InChI=1S/C18H27ClN2/c19-17-9-7-16(8-10-17)13-21-11-3-6-18(14-21)20-12-15-4-1-2-5-15/h7-10,15,18,20H,1-6,11-14H2. The zero-order valence-corrected chi connectivity index (χ0v) is 13.6. The van der Waals surface area contributed by atoms with E-state index in [1.54, 1.807) is 0 Å². The van der Waals surface area contributed by atoms with Crippen molar-refractivity contribution in [3.63, 3.8) is 0 Å². The highest BCUT2D eigenvalue weighted by atomic mass is 35.5. The van der Waals surface area contributed by atoms with Crippen molar-refractivity contribution in [3.8, 4) is 0 Å². The molecule has 2 nitrogen and oxygen atoms in total. The van der Waals surface area contributed by atoms with Crippen LogP contribution in [0.3, 0.4) is 0 Å². The summed E-state index contributed by atoms with van der Waals surface area (Å²) in [5.41, 5.74) is 1.37. The van der Waals surface area contributed by atoms with E-state index >= 15 is 0 Å². The maximum absolute atomic E-state index is 5.96. The van der Waals surface area contributed by atoms with Crippen LogP contribution >= 0.6 is 11.6 Å². The van der Waals surface area contributed by atoms with Gasteiger partial charge in [0.1, 0.15) is 0 Å². The minimum absolute atomic E-state index is 0.687. The summed E-state index contributed by atoms with van der Waals surface area (Å²) < 4.78 is 0. The summed E-state index contributed by atoms with van der Waals surface area (Å²) in [6.45, 7) is 4.71. The van der Waals surface area contributed by atoms with Gasteiger partial charge in [-0.3, -0.25) is 4.90 Å². The van der Waals surface area contributed by atoms with E-state index in [2.05, 4.69) is 22.3 Å². The van der Waals surface area contributed by atoms with Gasteiger partial charge in [-0.15, -0.1) is 0 Å². The Morgan fingerprint density at radius 2 is 1.81 bits per heavy atom. The summed E-state index contributed by atoms with van der Waals surface area (Å²) in [7, 11) is 0. The largest absolute Gasteiger partial charge is 0.312 e. The van der Waals surface area contributed by atoms with Crippen LogP contribution < -0.4 is 5.32 Å². The van der Waals surface area contributed by atoms with Gasteiger partial charge in [0.25, 0.3) is 0 Å². The Morgan fingerprint density at radius 3 is 2.57 bits per heavy atom. The molecule has 1 aliphatic carbocycles. The Hall–Kier alpha value is -0.570. The molecule has 1 saturated heterocycles. The maximum atomic E-state index is 5.96. The third-order valence-corrected chi connectivity index (χ3v) is 5.25. The maximum Gasteiger partial charge on any atom is 0.0406 e. The Morgan fingerprint density at radius 1 is 1.05 bits per heavy atom. The molecule has 1 unspecified atom stereocenters. The monoisotopic (exact) mass is 306 g/mol. The quantitative estimate of drug-likeness (QED) is 0.881. The number of hydrogen-bond acceptors (Lipinski definition) is 2. The molecule has 0 aromatic heterocycles. The van der Waals surface area contributed by atoms with Crippen molar-refractivity contribution >= 4 is 11.6 Å². The second-order valence-electron chi connectivity index (χ2n) is 6.76. The third-order valence-electron chi connectivity index (χ3n) is 4.99. The van der Waals surface area contributed by atoms with Crippen LogP contribution in [-0.4, -0.2) is 30.6 Å². The van der Waals surface area contributed by atoms with Crippen molar-refractivity contribution in [2.75, 3.05) is 19.6 Å². The van der Waals surface area contributed by atoms with Crippen molar-refractivity contribution in [1.29, 1.82) is 0 Å². The zero-order valence-electron chi connectivity index (χ0n) is 12.9. The number of likely N-dealkylation sites (tertiary alicyclic amines) is 1. The molecule has 0 amide bonds. The SMILES string of the molecule is Clc1ccc(CN2CCCC(NCC3CCCC3)C2)cc1. The molecule has 0 spiro atoms. The van der Waals surface area contributed by atoms with Crippen molar-refractivity contribution < 1.29 is 0 Å². The fourth-order valence-corrected chi connectivity index (χ4v) is 3.89. The molecule has 0 bridgehead atoms. The van der Waals surface area contributed by atoms with Crippen molar-refractivity contribution in [2.45, 2.75) is 51.1 Å². The zero-order chi connectivity index (χ0) is 14.5. The van der Waals surface area contributed by atoms with E-state index in [1.165, 1.54) is 63.7 Å². The van der Waals surface area contributed by atoms with Crippen molar-refractivity contribution in [2.24, 2.45) is 5.92 Å². The van der Waals surface area contributed by atoms with Gasteiger partial charge in [-0.1, -0.05) is 36.6 Å². The molecule has 3 rings (SSSR count). The number of nitrogens with one attached hydrogen (secondary N) is 1. The van der Waals surface area contributed by atoms with Crippen LogP contribution in [0.2, 0.25) is 5.02 Å². The van der Waals surface area contributed by atoms with Crippen molar-refractivity contribution in [1.82, 2.24) is 10.2 Å². The summed E-state index contributed by atoms with van der Waals surface area (Å²) in [6.07, 6.45) is 8.42. The van der Waals surface area contributed by atoms with Gasteiger partial charge in [-0.2, -0.15) is 0 Å². The lowest BCUT2D eigenvalue weighted by Gasteiger charge is -2.34. The lowest BCUT2D eigenvalue weighted by atomic mass is 10.0. The molecule has 2 fully saturated rings. The molecular formula is C18H27ClN2. The fraction of sp³-hybridized carbons (Fsp3) is 0.667. The Balaban J connectivity index is 1.45. The normalized spacial score (nSPS) is 24.5. The van der Waals surface area contributed by atoms with E-state index < -0.39 is 0 Å². The molecule has 3 heteroatoms. The second-order valence-corrected chi connectivity index (χ2v) is 7.20. The molecule has 2 aliphatic rings. The lowest BCUT2D eigenvalue weighted by Crippen LogP contribution is -2.46. The molecule has 1 atom stereocenters. The van der Waals surface area contributed by atoms with Gasteiger partial charge in [-0.05, 0) is 62.4 Å². The van der Waals surface area contributed by atoms with E-state index in [4.69, 9.17) is 11.6 Å². The molecule has 21 heavy (non-hydrogen) atoms. The highest BCUT2D eigenvalue weighted by Gasteiger charge is 2.21. The van der Waals surface area contributed by atoms with Gasteiger partial charge in [0.2, 0.25) is 0 Å². The predicted molar refractivity (Wildman–Crippen MR) is 89.7 cm³/mol. The summed E-state index contributed by atoms with van der Waals surface area (Å²) in [5, 5.41) is 4.65. The van der Waals surface area contributed by atoms with Gasteiger partial charge in [0.05, 0.1) is 0 Å². The van der Waals surface area contributed by atoms with Crippen molar-refractivity contribution in [3.05, 3.63) is 34.9 Å². The molecule has 0 radical (unpaired) electrons. The fourth-order valence-electron chi connectivity index (χ4n) is 3.76. The average molecular weight is 307 g/mol. The van der Waals surface area contributed by atoms with E-state index in [9.17, 15) is 0 Å². The average Bonchev–Trinajstić information content (AvgIpc) is 3.01. The molecule has 1 aromatic carbocycles. The highest BCUT2D eigenvalue weighted by Crippen LogP contribution is 2.24. The summed E-state index contributed by atoms with van der Waals surface area (Å²) in [4.78, 5) is 2.58. The van der Waals surface area contributed by atoms with Gasteiger partial charge in [0, 0.05) is 24.2 Å². The van der Waals surface area contributed by atoms with E-state index in [0.29, 0.717) is 6.04 Å². The molecular weight excluding hydrogens is 280 g/mol. The molecule has 1 N–H and O–H groups in total. The number of piperidine rings is 1. The first-order valence-corrected chi connectivity index (χ1v) is 8.87. The predicted octanol–water partition coefficient (Wildman–Crippen LogP) is 4.08. The van der Waals surface area contributed by atoms with E-state index in [1.807, 2.05) is 12.1 Å². The third kappa shape index (κ3) is 4.70. The summed E-state index contributed by atoms with van der Waals surface area (Å²) >= 11 is 5.96. The molecule has 1 aliphatic heterocycles. The minimum Gasteiger partial charge on any atom is -0.312 e. The van der Waals surface area contributed by atoms with E-state index in [-0.39, 0.29) is 0 Å². The van der Waals surface area contributed by atoms with Crippen LogP contribution in [0.25, 0.3) is 0 Å². The van der Waals surface area contributed by atoms with Gasteiger partial charge >= 0.3 is 0 Å². The Labute approximate surface area is 133 Å². The number of nitrogens with zero attached hydrogens (tertiary/aromatic N) is 1. The summed E-state index contributed by atoms with van der Waals surface area (Å²) in [6, 6.07) is 8.98. The first-order valence-electron chi connectivity index (χ1n) is 8.50. The molecule has 1 aromatic rings. The van der Waals surface area contributed by atoms with Gasteiger partial charge in [-0.25, -0.2) is 0 Å². The van der Waals surface area contributed by atoms with Crippen LogP contribution in [0.15, 0.2) is 24.3 Å². The first kappa shape index (κ1) is 15.3. The molecule has 1 saturated carbocycles. The second kappa shape index (κ2) is 7.62. The number of hydrogen-bond donors (Lipinski definition) is 1. The Bertz CT molecular complexity index is 425. The first-order chi connectivity index (χ1) is 10.3. The minimum atomic E-state index is 0.687. The highest BCUT2D eigenvalue weighted by molar-refractivity contribution is 6.30. The molecule has 1 heterocycles. The number of halogens is 1. The van der Waals surface area contributed by atoms with E-state index in [0.717, 1.165) is 17.5 Å². The lowest BCUT2D eigenvalue weighted by molar-refractivity contribution is 0.180. The van der Waals surface area contributed by atoms with Crippen LogP contribution in [0, 0.1) is 5.92 Å². The van der Waals surface area contributed by atoms with Crippen LogP contribution in [-0.2, 0) is 6.54 Å². The van der Waals surface area contributed by atoms with Crippen LogP contribution in [0.5, 0.6) is 0 Å². The topological polar surface area (TPSA) is 15.3 Å². The smallest absolute Gasteiger partial charge is 0.0406 e. The summed E-state index contributed by atoms with van der Waals surface area (Å²) in [5.74, 6) is 0.941. The van der Waals surface area contributed by atoms with Crippen LogP contribution in [0.4, 0.5) is 0 Å². The molecule has 116 valence electrons. The van der Waals surface area contributed by atoms with Crippen LogP contribution in [0.1, 0.15) is 44.1 Å².